The molecule has 0 N–H and O–H groups in total. The molecule has 0 bridgehead atoms. The van der Waals surface area contributed by atoms with Crippen LogP contribution in [0.3, 0.4) is 0 Å². The summed E-state index contributed by atoms with van der Waals surface area (Å²) in [6, 6.07) is 5.98. The van der Waals surface area contributed by atoms with Crippen LogP contribution in [0.2, 0.25) is 0 Å². The Morgan fingerprint density at radius 2 is 1.87 bits per heavy atom. The van der Waals surface area contributed by atoms with E-state index in [0.29, 0.717) is 51.4 Å². The first kappa shape index (κ1) is 32.6. The van der Waals surface area contributed by atoms with E-state index >= 15 is 0 Å². The summed E-state index contributed by atoms with van der Waals surface area (Å²) in [5.74, 6) is -0.438. The van der Waals surface area contributed by atoms with Crippen LogP contribution in [0.25, 0.3) is 0 Å². The largest absolute Gasteiger partial charge is 0.466 e. The zero-order valence-corrected chi connectivity index (χ0v) is 24.2. The zero-order chi connectivity index (χ0) is 25.7. The van der Waals surface area contributed by atoms with E-state index in [2.05, 4.69) is 11.0 Å². The molecule has 0 radical (unpaired) electrons. The summed E-state index contributed by atoms with van der Waals surface area (Å²) in [7, 11) is 0. The van der Waals surface area contributed by atoms with Gasteiger partial charge in [0, 0.05) is 56.0 Å². The first-order valence-corrected chi connectivity index (χ1v) is 13.4. The quantitative estimate of drug-likeness (QED) is 0.255. The van der Waals surface area contributed by atoms with Crippen molar-refractivity contribution in [2.45, 2.75) is 43.9 Å². The average Bonchev–Trinajstić information content (AvgIpc) is 3.71. The van der Waals surface area contributed by atoms with Gasteiger partial charge in [-0.3, -0.25) is 24.2 Å². The minimum Gasteiger partial charge on any atom is -0.466 e. The van der Waals surface area contributed by atoms with E-state index in [1.165, 1.54) is 6.07 Å². The number of carbonyl (C=O) groups excluding carboxylic acids is 3. The summed E-state index contributed by atoms with van der Waals surface area (Å²) in [6.07, 6.45) is 4.85. The number of hydrogen-bond donors (Lipinski definition) is 1. The highest BCUT2D eigenvalue weighted by molar-refractivity contribution is 7.81. The zero-order valence-electron chi connectivity index (χ0n) is 21.7. The Kier molecular flexibility index (Phi) is 13.0. The van der Waals surface area contributed by atoms with Crippen molar-refractivity contribution >= 4 is 55.1 Å². The molecule has 1 aromatic rings. The van der Waals surface area contributed by atoms with E-state index in [9.17, 15) is 18.8 Å². The number of amides is 1. The highest BCUT2D eigenvalue weighted by Crippen LogP contribution is 2.39. The third-order valence-corrected chi connectivity index (χ3v) is 7.82. The van der Waals surface area contributed by atoms with Crippen LogP contribution in [0, 0.1) is 11.7 Å². The number of ketones is 1. The predicted molar refractivity (Wildman–Crippen MR) is 153 cm³/mol. The van der Waals surface area contributed by atoms with E-state index < -0.39 is 6.04 Å². The van der Waals surface area contributed by atoms with Crippen molar-refractivity contribution < 1.29 is 23.5 Å². The highest BCUT2D eigenvalue weighted by atomic mass is 35.5. The van der Waals surface area contributed by atoms with E-state index in [0.717, 1.165) is 24.8 Å². The molecule has 212 valence electrons. The minimum absolute atomic E-state index is 0. The number of rotatable bonds is 10. The Bertz CT molecular complexity index is 1010. The number of halogens is 3. The number of piperazine rings is 1. The van der Waals surface area contributed by atoms with Crippen molar-refractivity contribution in [2.24, 2.45) is 5.92 Å². The molecular formula is C27H38Cl2FN3O4S. The molecule has 3 fully saturated rings. The van der Waals surface area contributed by atoms with Gasteiger partial charge in [-0.1, -0.05) is 24.3 Å². The molecule has 2 aliphatic heterocycles. The molecule has 3 aliphatic rings. The standard InChI is InChI=1S/C27H36FN3O4S.2ClH/c1-2-35-25(33)11-12-29-15-16-30(24(32)18-29)13-9-20-17-31(14-10-23(20)36)26(27(34)19-7-8-19)21-5-3-4-6-22(21)28;;/h3-6,9,19,23,26,36H,2,7-8,10-18H2,1H3;2*1H. The number of thiol groups is 1. The second kappa shape index (κ2) is 15.2. The Morgan fingerprint density at radius 1 is 1.13 bits per heavy atom. The van der Waals surface area contributed by atoms with E-state index in [-0.39, 0.29) is 72.4 Å². The minimum atomic E-state index is -0.590. The normalized spacial score (nSPS) is 22.4. The maximum absolute atomic E-state index is 14.7. The predicted octanol–water partition coefficient (Wildman–Crippen LogP) is 3.72. The third kappa shape index (κ3) is 8.42. The number of carbonyl (C=O) groups is 3. The number of Topliss-reactive ketones (excluding diaryl/α,β-unsaturated/α-hetero) is 1. The van der Waals surface area contributed by atoms with E-state index in [1.807, 2.05) is 9.80 Å². The molecule has 1 saturated carbocycles. The van der Waals surface area contributed by atoms with Crippen LogP contribution in [-0.4, -0.2) is 90.0 Å². The van der Waals surface area contributed by atoms with E-state index in [1.54, 1.807) is 25.1 Å². The van der Waals surface area contributed by atoms with Crippen LogP contribution in [0.5, 0.6) is 0 Å². The molecule has 4 rings (SSSR count). The van der Waals surface area contributed by atoms with E-state index in [4.69, 9.17) is 17.4 Å². The van der Waals surface area contributed by atoms with Gasteiger partial charge >= 0.3 is 5.97 Å². The molecule has 2 unspecified atom stereocenters. The Labute approximate surface area is 242 Å². The first-order chi connectivity index (χ1) is 17.4. The summed E-state index contributed by atoms with van der Waals surface area (Å²) in [5.41, 5.74) is 1.51. The molecule has 2 saturated heterocycles. The van der Waals surface area contributed by atoms with Gasteiger partial charge in [0.1, 0.15) is 5.82 Å². The number of benzene rings is 1. The fourth-order valence-corrected chi connectivity index (χ4v) is 5.28. The third-order valence-electron chi connectivity index (χ3n) is 7.23. The van der Waals surface area contributed by atoms with Crippen LogP contribution < -0.4 is 0 Å². The van der Waals surface area contributed by atoms with Gasteiger partial charge in [0.2, 0.25) is 5.91 Å². The van der Waals surface area contributed by atoms with Crippen molar-refractivity contribution in [1.29, 1.82) is 0 Å². The van der Waals surface area contributed by atoms with Gasteiger partial charge in [-0.25, -0.2) is 4.39 Å². The van der Waals surface area contributed by atoms with Crippen molar-refractivity contribution in [3.8, 4) is 0 Å². The van der Waals surface area contributed by atoms with Crippen LogP contribution in [-0.2, 0) is 19.1 Å². The first-order valence-electron chi connectivity index (χ1n) is 12.9. The lowest BCUT2D eigenvalue weighted by atomic mass is 9.93. The Balaban J connectivity index is 0.00000253. The van der Waals surface area contributed by atoms with Crippen molar-refractivity contribution in [2.75, 3.05) is 52.4 Å². The number of likely N-dealkylation sites (tertiary alicyclic amines) is 1. The van der Waals surface area contributed by atoms with Gasteiger partial charge in [0.15, 0.2) is 5.78 Å². The molecular weight excluding hydrogens is 552 g/mol. The fourth-order valence-electron chi connectivity index (χ4n) is 4.98. The summed E-state index contributed by atoms with van der Waals surface area (Å²) < 4.78 is 19.7. The SMILES string of the molecule is CCOC(=O)CCN1CCN(CC=C2CN(C(C(=O)C3CC3)c3ccccc3F)CCC2S)C(=O)C1.Cl.Cl. The van der Waals surface area contributed by atoms with Gasteiger partial charge < -0.3 is 9.64 Å². The number of nitrogens with zero attached hydrogens (tertiary/aromatic N) is 3. The molecule has 1 amide bonds. The van der Waals surface area contributed by atoms with Gasteiger partial charge in [-0.15, -0.1) is 24.8 Å². The van der Waals surface area contributed by atoms with Crippen LogP contribution in [0.1, 0.15) is 44.2 Å². The molecule has 1 aliphatic carbocycles. The molecule has 2 atom stereocenters. The fraction of sp³-hybridized carbons (Fsp3) is 0.593. The number of piperidine rings is 1. The molecule has 0 aromatic heterocycles. The van der Waals surface area contributed by atoms with Gasteiger partial charge in [-0.2, -0.15) is 12.6 Å². The topological polar surface area (TPSA) is 70.2 Å². The lowest BCUT2D eigenvalue weighted by Crippen LogP contribution is -2.50. The smallest absolute Gasteiger partial charge is 0.307 e. The number of esters is 1. The lowest BCUT2D eigenvalue weighted by Gasteiger charge is -2.38. The second-order valence-electron chi connectivity index (χ2n) is 9.83. The number of hydrogen-bond acceptors (Lipinski definition) is 7. The molecule has 11 heteroatoms. The van der Waals surface area contributed by atoms with Gasteiger partial charge in [0.25, 0.3) is 0 Å². The molecule has 0 spiro atoms. The van der Waals surface area contributed by atoms with Crippen LogP contribution in [0.15, 0.2) is 35.9 Å². The Hall–Kier alpha value is -1.65. The van der Waals surface area contributed by atoms with Gasteiger partial charge in [-0.05, 0) is 37.8 Å². The summed E-state index contributed by atoms with van der Waals surface area (Å²) in [6.45, 7) is 5.90. The van der Waals surface area contributed by atoms with Crippen molar-refractivity contribution in [3.05, 3.63) is 47.3 Å². The average molecular weight is 591 g/mol. The number of ether oxygens (including phenoxy) is 1. The summed E-state index contributed by atoms with van der Waals surface area (Å²) in [5, 5.41) is 0.0412. The summed E-state index contributed by atoms with van der Waals surface area (Å²) in [4.78, 5) is 43.4. The molecule has 1 aromatic carbocycles. The lowest BCUT2D eigenvalue weighted by molar-refractivity contribution is -0.144. The molecule has 2 heterocycles. The van der Waals surface area contributed by atoms with Crippen LogP contribution in [0.4, 0.5) is 4.39 Å². The summed E-state index contributed by atoms with van der Waals surface area (Å²) >= 11 is 4.77. The highest BCUT2D eigenvalue weighted by Gasteiger charge is 2.41. The Morgan fingerprint density at radius 3 is 2.53 bits per heavy atom. The molecule has 38 heavy (non-hydrogen) atoms. The second-order valence-corrected chi connectivity index (χ2v) is 10.4. The van der Waals surface area contributed by atoms with Crippen molar-refractivity contribution in [3.63, 3.8) is 0 Å². The monoisotopic (exact) mass is 589 g/mol. The van der Waals surface area contributed by atoms with Crippen molar-refractivity contribution in [1.82, 2.24) is 14.7 Å². The van der Waals surface area contributed by atoms with Gasteiger partial charge in [0.05, 0.1) is 25.6 Å². The maximum Gasteiger partial charge on any atom is 0.307 e. The van der Waals surface area contributed by atoms with Crippen LogP contribution >= 0.6 is 37.4 Å². The molecule has 7 nitrogen and oxygen atoms in total. The maximum atomic E-state index is 14.7.